The fraction of sp³-hybridized carbons (Fsp3) is 0.200. The van der Waals surface area contributed by atoms with Crippen LogP contribution in [0.5, 0.6) is 0 Å². The van der Waals surface area contributed by atoms with E-state index in [0.29, 0.717) is 0 Å². The summed E-state index contributed by atoms with van der Waals surface area (Å²) in [7, 11) is 0. The van der Waals surface area contributed by atoms with E-state index in [-0.39, 0.29) is 5.57 Å². The molecule has 2 N–H and O–H groups in total. The molecular formula is C5H6O4S. The lowest BCUT2D eigenvalue weighted by atomic mass is 10.3. The quantitative estimate of drug-likeness (QED) is 0.405. The van der Waals surface area contributed by atoms with Crippen LogP contribution in [-0.2, 0) is 9.59 Å². The molecule has 56 valence electrons. The Labute approximate surface area is 62.6 Å². The van der Waals surface area contributed by atoms with Gasteiger partial charge in [0.1, 0.15) is 0 Å². The van der Waals surface area contributed by atoms with Gasteiger partial charge in [-0.25, -0.2) is 9.59 Å². The molecule has 0 saturated carbocycles. The van der Waals surface area contributed by atoms with E-state index < -0.39 is 16.8 Å². The first kappa shape index (κ1) is 9.03. The Balaban J connectivity index is 4.67. The molecule has 0 aromatic heterocycles. The van der Waals surface area contributed by atoms with Gasteiger partial charge in [-0.15, -0.1) is 12.6 Å². The molecule has 0 aliphatic carbocycles. The van der Waals surface area contributed by atoms with Gasteiger partial charge in [-0.3, -0.25) is 0 Å². The number of rotatable bonds is 2. The molecule has 0 aromatic carbocycles. The molecular weight excluding hydrogens is 156 g/mol. The van der Waals surface area contributed by atoms with Gasteiger partial charge in [-0.05, 0) is 6.92 Å². The highest BCUT2D eigenvalue weighted by Crippen LogP contribution is 2.07. The van der Waals surface area contributed by atoms with Gasteiger partial charge in [0.25, 0.3) is 0 Å². The lowest BCUT2D eigenvalue weighted by Gasteiger charge is -1.94. The Morgan fingerprint density at radius 1 is 1.20 bits per heavy atom. The molecule has 5 heteroatoms. The van der Waals surface area contributed by atoms with Crippen LogP contribution in [0.3, 0.4) is 0 Å². The summed E-state index contributed by atoms with van der Waals surface area (Å²) in [6.45, 7) is 1.18. The van der Waals surface area contributed by atoms with Crippen LogP contribution in [0.25, 0.3) is 0 Å². The van der Waals surface area contributed by atoms with Crippen LogP contribution in [0, 0.1) is 0 Å². The summed E-state index contributed by atoms with van der Waals surface area (Å²) in [6, 6.07) is 0. The molecule has 0 fully saturated rings. The Hall–Kier alpha value is -0.970. The van der Waals surface area contributed by atoms with Crippen LogP contribution in [0.15, 0.2) is 10.5 Å². The van der Waals surface area contributed by atoms with Gasteiger partial charge >= 0.3 is 11.9 Å². The minimum Gasteiger partial charge on any atom is -0.478 e. The third-order valence-electron chi connectivity index (χ3n) is 0.879. The van der Waals surface area contributed by atoms with Crippen molar-refractivity contribution in [2.45, 2.75) is 6.92 Å². The van der Waals surface area contributed by atoms with Crippen molar-refractivity contribution in [3.05, 3.63) is 10.5 Å². The molecule has 10 heavy (non-hydrogen) atoms. The van der Waals surface area contributed by atoms with Gasteiger partial charge < -0.3 is 10.2 Å². The normalized spacial score (nSPS) is 12.2. The minimum absolute atomic E-state index is 0.268. The molecule has 0 rings (SSSR count). The van der Waals surface area contributed by atoms with E-state index in [2.05, 4.69) is 12.6 Å². The van der Waals surface area contributed by atoms with Crippen LogP contribution >= 0.6 is 12.6 Å². The first-order chi connectivity index (χ1) is 4.46. The SMILES string of the molecule is C/C(C(=O)O)=C(\S)C(=O)O. The van der Waals surface area contributed by atoms with Gasteiger partial charge in [0.2, 0.25) is 0 Å². The number of aliphatic carboxylic acids is 2. The lowest BCUT2D eigenvalue weighted by molar-refractivity contribution is -0.135. The van der Waals surface area contributed by atoms with E-state index in [0.717, 1.165) is 0 Å². The standard InChI is InChI=1S/C5H6O4S/c1-2(4(6)7)3(10)5(8)9/h10H,1H3,(H,6,7)(H,8,9)/b3-2+. The Bertz CT molecular complexity index is 184. The van der Waals surface area contributed by atoms with Crippen molar-refractivity contribution in [3.8, 4) is 0 Å². The first-order valence-electron chi connectivity index (χ1n) is 2.33. The summed E-state index contributed by atoms with van der Waals surface area (Å²) >= 11 is 3.46. The fourth-order valence-corrected chi connectivity index (χ4v) is 0.357. The monoisotopic (exact) mass is 162 g/mol. The topological polar surface area (TPSA) is 74.6 Å². The van der Waals surface area contributed by atoms with E-state index in [1.165, 1.54) is 6.92 Å². The zero-order valence-electron chi connectivity index (χ0n) is 5.16. The average molecular weight is 162 g/mol. The summed E-state index contributed by atoms with van der Waals surface area (Å²) in [5.74, 6) is -2.60. The lowest BCUT2D eigenvalue weighted by Crippen LogP contribution is -2.04. The third kappa shape index (κ3) is 2.10. The summed E-state index contributed by atoms with van der Waals surface area (Å²) in [5, 5.41) is 16.4. The number of hydrogen-bond donors (Lipinski definition) is 3. The molecule has 0 heterocycles. The highest BCUT2D eigenvalue weighted by Gasteiger charge is 2.11. The maximum Gasteiger partial charge on any atom is 0.342 e. The Morgan fingerprint density at radius 2 is 1.60 bits per heavy atom. The van der Waals surface area contributed by atoms with Crippen molar-refractivity contribution in [2.75, 3.05) is 0 Å². The molecule has 0 aliphatic rings. The van der Waals surface area contributed by atoms with E-state index in [1.54, 1.807) is 0 Å². The summed E-state index contributed by atoms with van der Waals surface area (Å²) in [4.78, 5) is 19.7. The number of thiol groups is 1. The zero-order valence-corrected chi connectivity index (χ0v) is 6.05. The zero-order chi connectivity index (χ0) is 8.31. The molecule has 0 spiro atoms. The molecule has 0 amide bonds. The number of carboxylic acid groups (broad SMARTS) is 2. The van der Waals surface area contributed by atoms with Crippen LogP contribution < -0.4 is 0 Å². The second kappa shape index (κ2) is 3.26. The number of carboxylic acids is 2. The van der Waals surface area contributed by atoms with Gasteiger partial charge in [0.15, 0.2) is 0 Å². The Kier molecular flexibility index (Phi) is 2.95. The van der Waals surface area contributed by atoms with E-state index in [4.69, 9.17) is 10.2 Å². The highest BCUT2D eigenvalue weighted by atomic mass is 32.1. The van der Waals surface area contributed by atoms with Crippen LogP contribution in [0.2, 0.25) is 0 Å². The highest BCUT2D eigenvalue weighted by molar-refractivity contribution is 7.85. The second-order valence-electron chi connectivity index (χ2n) is 1.58. The average Bonchev–Trinajstić information content (AvgIpc) is 1.84. The predicted molar refractivity (Wildman–Crippen MR) is 37.0 cm³/mol. The molecule has 4 nitrogen and oxygen atoms in total. The number of hydrogen-bond acceptors (Lipinski definition) is 3. The number of carbonyl (C=O) groups is 2. The molecule has 0 unspecified atom stereocenters. The molecule has 0 atom stereocenters. The third-order valence-corrected chi connectivity index (χ3v) is 1.41. The van der Waals surface area contributed by atoms with Crippen molar-refractivity contribution in [3.63, 3.8) is 0 Å². The molecule has 0 saturated heterocycles. The van der Waals surface area contributed by atoms with Gasteiger partial charge in [-0.1, -0.05) is 0 Å². The predicted octanol–water partition coefficient (Wildman–Crippen LogP) is 0.359. The minimum atomic E-state index is -1.33. The van der Waals surface area contributed by atoms with Crippen molar-refractivity contribution in [2.24, 2.45) is 0 Å². The summed E-state index contributed by atoms with van der Waals surface area (Å²) < 4.78 is 0. The largest absolute Gasteiger partial charge is 0.478 e. The summed E-state index contributed by atoms with van der Waals surface area (Å²) in [6.07, 6.45) is 0. The van der Waals surface area contributed by atoms with Gasteiger partial charge in [-0.2, -0.15) is 0 Å². The van der Waals surface area contributed by atoms with Crippen molar-refractivity contribution >= 4 is 24.6 Å². The van der Waals surface area contributed by atoms with Gasteiger partial charge in [0, 0.05) is 0 Å². The maximum atomic E-state index is 10.1. The second-order valence-corrected chi connectivity index (χ2v) is 2.03. The molecule has 0 radical (unpaired) electrons. The van der Waals surface area contributed by atoms with Gasteiger partial charge in [0.05, 0.1) is 10.5 Å². The van der Waals surface area contributed by atoms with Crippen LogP contribution in [0.4, 0.5) is 0 Å². The van der Waals surface area contributed by atoms with Crippen molar-refractivity contribution in [1.29, 1.82) is 0 Å². The summed E-state index contributed by atoms with van der Waals surface area (Å²) in [5.41, 5.74) is -0.268. The first-order valence-corrected chi connectivity index (χ1v) is 2.78. The van der Waals surface area contributed by atoms with E-state index in [1.807, 2.05) is 0 Å². The molecule has 0 bridgehead atoms. The maximum absolute atomic E-state index is 10.1. The van der Waals surface area contributed by atoms with Crippen LogP contribution in [0.1, 0.15) is 6.92 Å². The fourth-order valence-electron chi connectivity index (χ4n) is 0.262. The van der Waals surface area contributed by atoms with E-state index >= 15 is 0 Å². The van der Waals surface area contributed by atoms with E-state index in [9.17, 15) is 9.59 Å². The van der Waals surface area contributed by atoms with Crippen LogP contribution in [-0.4, -0.2) is 22.2 Å². The smallest absolute Gasteiger partial charge is 0.342 e. The molecule has 0 aromatic rings. The molecule has 0 aliphatic heterocycles. The van der Waals surface area contributed by atoms with Crippen molar-refractivity contribution < 1.29 is 19.8 Å². The van der Waals surface area contributed by atoms with Crippen molar-refractivity contribution in [1.82, 2.24) is 0 Å². The Morgan fingerprint density at radius 3 is 1.70 bits per heavy atom.